The maximum absolute atomic E-state index is 13.8. The second kappa shape index (κ2) is 5.44. The third kappa shape index (κ3) is 2.72. The third-order valence-electron chi connectivity index (χ3n) is 3.34. The summed E-state index contributed by atoms with van der Waals surface area (Å²) in [5, 5.41) is 9.01. The van der Waals surface area contributed by atoms with Crippen molar-refractivity contribution in [2.75, 3.05) is 18.9 Å². The van der Waals surface area contributed by atoms with Gasteiger partial charge >= 0.3 is 0 Å². The molecule has 3 N–H and O–H groups in total. The fourth-order valence-electron chi connectivity index (χ4n) is 2.12. The van der Waals surface area contributed by atoms with Crippen LogP contribution < -0.4 is 5.73 Å². The van der Waals surface area contributed by atoms with Crippen molar-refractivity contribution in [3.05, 3.63) is 24.0 Å². The molecule has 1 fully saturated rings. The van der Waals surface area contributed by atoms with Crippen molar-refractivity contribution in [1.29, 1.82) is 0 Å². The molecule has 0 heterocycles. The molecule has 0 bridgehead atoms. The molecule has 0 unspecified atom stereocenters. The van der Waals surface area contributed by atoms with Gasteiger partial charge in [-0.3, -0.25) is 0 Å². The lowest BCUT2D eigenvalue weighted by Crippen LogP contribution is -2.45. The smallest absolute Gasteiger partial charge is 0.246 e. The largest absolute Gasteiger partial charge is 0.399 e. The monoisotopic (exact) mass is 288 g/mol. The van der Waals surface area contributed by atoms with Crippen LogP contribution in [0.4, 0.5) is 10.1 Å². The molecule has 1 aromatic rings. The first-order valence-electron chi connectivity index (χ1n) is 6.14. The Bertz CT molecular complexity index is 558. The van der Waals surface area contributed by atoms with Gasteiger partial charge in [-0.15, -0.1) is 0 Å². The number of aliphatic hydroxyl groups excluding tert-OH is 1. The lowest BCUT2D eigenvalue weighted by atomic mass is 9.93. The number of nitrogen functional groups attached to an aromatic ring is 1. The zero-order valence-corrected chi connectivity index (χ0v) is 11.2. The highest BCUT2D eigenvalue weighted by Gasteiger charge is 2.35. The van der Waals surface area contributed by atoms with Crippen LogP contribution in [0.2, 0.25) is 0 Å². The highest BCUT2D eigenvalue weighted by Crippen LogP contribution is 2.30. The molecule has 0 aliphatic heterocycles. The Morgan fingerprint density at radius 3 is 2.58 bits per heavy atom. The standard InChI is InChI=1S/C12H17FN2O3S/c13-11-8-9(14)4-5-12(11)19(17,18)15(6-7-16)10-2-1-3-10/h4-5,8,10,16H,1-3,6-7,14H2. The maximum atomic E-state index is 13.8. The molecule has 5 nitrogen and oxygen atoms in total. The number of nitrogens with zero attached hydrogens (tertiary/aromatic N) is 1. The van der Waals surface area contributed by atoms with E-state index in [2.05, 4.69) is 0 Å². The van der Waals surface area contributed by atoms with Crippen molar-refractivity contribution in [3.63, 3.8) is 0 Å². The van der Waals surface area contributed by atoms with Gasteiger partial charge in [0, 0.05) is 18.3 Å². The van der Waals surface area contributed by atoms with E-state index < -0.39 is 15.8 Å². The van der Waals surface area contributed by atoms with Gasteiger partial charge in [0.1, 0.15) is 10.7 Å². The van der Waals surface area contributed by atoms with Crippen LogP contribution in [-0.2, 0) is 10.0 Å². The van der Waals surface area contributed by atoms with Gasteiger partial charge in [-0.05, 0) is 31.0 Å². The molecule has 19 heavy (non-hydrogen) atoms. The van der Waals surface area contributed by atoms with Crippen molar-refractivity contribution in [2.24, 2.45) is 0 Å². The molecule has 2 rings (SSSR count). The molecule has 0 radical (unpaired) electrons. The molecule has 0 amide bonds. The summed E-state index contributed by atoms with van der Waals surface area (Å²) in [7, 11) is -3.93. The fourth-order valence-corrected chi connectivity index (χ4v) is 3.85. The van der Waals surface area contributed by atoms with E-state index >= 15 is 0 Å². The Kier molecular flexibility index (Phi) is 4.07. The normalized spacial score (nSPS) is 16.6. The maximum Gasteiger partial charge on any atom is 0.246 e. The fraction of sp³-hybridized carbons (Fsp3) is 0.500. The number of sulfonamides is 1. The van der Waals surface area contributed by atoms with Gasteiger partial charge in [-0.25, -0.2) is 12.8 Å². The highest BCUT2D eigenvalue weighted by atomic mass is 32.2. The number of halogens is 1. The second-order valence-corrected chi connectivity index (χ2v) is 6.47. The number of rotatable bonds is 5. The zero-order chi connectivity index (χ0) is 14.0. The summed E-state index contributed by atoms with van der Waals surface area (Å²) in [6, 6.07) is 3.37. The number of nitrogens with two attached hydrogens (primary N) is 1. The van der Waals surface area contributed by atoms with E-state index in [0.717, 1.165) is 25.3 Å². The Morgan fingerprint density at radius 1 is 1.42 bits per heavy atom. The minimum Gasteiger partial charge on any atom is -0.399 e. The Labute approximate surface area is 111 Å². The predicted molar refractivity (Wildman–Crippen MR) is 69.4 cm³/mol. The molecule has 1 aliphatic carbocycles. The summed E-state index contributed by atoms with van der Waals surface area (Å²) in [6.07, 6.45) is 2.44. The zero-order valence-electron chi connectivity index (χ0n) is 10.4. The first kappa shape index (κ1) is 14.2. The van der Waals surface area contributed by atoms with Crippen LogP contribution in [-0.4, -0.2) is 37.0 Å². The molecule has 106 valence electrons. The van der Waals surface area contributed by atoms with E-state index in [4.69, 9.17) is 10.8 Å². The van der Waals surface area contributed by atoms with Gasteiger partial charge in [0.05, 0.1) is 6.61 Å². The quantitative estimate of drug-likeness (QED) is 0.790. The van der Waals surface area contributed by atoms with Crippen LogP contribution in [0.25, 0.3) is 0 Å². The average Bonchev–Trinajstić information content (AvgIpc) is 2.25. The first-order valence-corrected chi connectivity index (χ1v) is 7.58. The second-order valence-electron chi connectivity index (χ2n) is 4.61. The van der Waals surface area contributed by atoms with Gasteiger partial charge in [-0.2, -0.15) is 4.31 Å². The van der Waals surface area contributed by atoms with Crippen LogP contribution in [0, 0.1) is 5.82 Å². The minimum atomic E-state index is -3.93. The number of benzene rings is 1. The van der Waals surface area contributed by atoms with Crippen LogP contribution in [0.15, 0.2) is 23.1 Å². The first-order chi connectivity index (χ1) is 8.96. The Hall–Kier alpha value is -1.18. The van der Waals surface area contributed by atoms with Gasteiger partial charge in [-0.1, -0.05) is 6.42 Å². The SMILES string of the molecule is Nc1ccc(S(=O)(=O)N(CCO)C2CCC2)c(F)c1. The summed E-state index contributed by atoms with van der Waals surface area (Å²) < 4.78 is 39.8. The van der Waals surface area contributed by atoms with E-state index in [1.165, 1.54) is 16.4 Å². The van der Waals surface area contributed by atoms with Crippen molar-refractivity contribution in [3.8, 4) is 0 Å². The summed E-state index contributed by atoms with van der Waals surface area (Å²) >= 11 is 0. The van der Waals surface area contributed by atoms with Crippen molar-refractivity contribution in [1.82, 2.24) is 4.31 Å². The van der Waals surface area contributed by atoms with Crippen LogP contribution in [0.3, 0.4) is 0 Å². The summed E-state index contributed by atoms with van der Waals surface area (Å²) in [5.41, 5.74) is 5.59. The van der Waals surface area contributed by atoms with E-state index in [9.17, 15) is 12.8 Å². The molecule has 0 atom stereocenters. The lowest BCUT2D eigenvalue weighted by Gasteiger charge is -2.36. The number of hydrogen-bond donors (Lipinski definition) is 2. The van der Waals surface area contributed by atoms with E-state index in [-0.39, 0.29) is 29.8 Å². The lowest BCUT2D eigenvalue weighted by molar-refractivity contribution is 0.178. The number of aliphatic hydroxyl groups is 1. The molecule has 0 aromatic heterocycles. The molecule has 1 aromatic carbocycles. The van der Waals surface area contributed by atoms with Gasteiger partial charge in [0.25, 0.3) is 0 Å². The van der Waals surface area contributed by atoms with Crippen molar-refractivity contribution < 1.29 is 17.9 Å². The molecule has 7 heteroatoms. The molecular formula is C12H17FN2O3S. The number of anilines is 1. The molecule has 0 saturated heterocycles. The molecule has 1 saturated carbocycles. The minimum absolute atomic E-state index is 0.0170. The van der Waals surface area contributed by atoms with E-state index in [1.807, 2.05) is 0 Å². The van der Waals surface area contributed by atoms with Gasteiger partial charge < -0.3 is 10.8 Å². The van der Waals surface area contributed by atoms with Crippen molar-refractivity contribution in [2.45, 2.75) is 30.2 Å². The molecular weight excluding hydrogens is 271 g/mol. The topological polar surface area (TPSA) is 83.6 Å². The van der Waals surface area contributed by atoms with Crippen LogP contribution in [0.1, 0.15) is 19.3 Å². The van der Waals surface area contributed by atoms with E-state index in [1.54, 1.807) is 0 Å². The third-order valence-corrected chi connectivity index (χ3v) is 5.33. The van der Waals surface area contributed by atoms with Crippen molar-refractivity contribution >= 4 is 15.7 Å². The Balaban J connectivity index is 2.38. The number of hydrogen-bond acceptors (Lipinski definition) is 4. The highest BCUT2D eigenvalue weighted by molar-refractivity contribution is 7.89. The van der Waals surface area contributed by atoms with Gasteiger partial charge in [0.15, 0.2) is 0 Å². The van der Waals surface area contributed by atoms with E-state index in [0.29, 0.717) is 0 Å². The van der Waals surface area contributed by atoms with Crippen LogP contribution in [0.5, 0.6) is 0 Å². The molecule has 1 aliphatic rings. The summed E-state index contributed by atoms with van der Waals surface area (Å²) in [5.74, 6) is -0.859. The van der Waals surface area contributed by atoms with Crippen LogP contribution >= 0.6 is 0 Å². The Morgan fingerprint density at radius 2 is 2.11 bits per heavy atom. The van der Waals surface area contributed by atoms with Gasteiger partial charge in [0.2, 0.25) is 10.0 Å². The predicted octanol–water partition coefficient (Wildman–Crippen LogP) is 0.943. The summed E-state index contributed by atoms with van der Waals surface area (Å²) in [6.45, 7) is -0.302. The average molecular weight is 288 g/mol. The molecule has 0 spiro atoms. The summed E-state index contributed by atoms with van der Waals surface area (Å²) in [4.78, 5) is -0.387.